The summed E-state index contributed by atoms with van der Waals surface area (Å²) in [6, 6.07) is 3.79. The van der Waals surface area contributed by atoms with E-state index in [1.54, 1.807) is 17.8 Å². The van der Waals surface area contributed by atoms with Crippen LogP contribution in [0.2, 0.25) is 0 Å². The van der Waals surface area contributed by atoms with E-state index in [-0.39, 0.29) is 0 Å². The number of anilines is 1. The Morgan fingerprint density at radius 3 is 3.18 bits per heavy atom. The van der Waals surface area contributed by atoms with E-state index >= 15 is 0 Å². The van der Waals surface area contributed by atoms with Gasteiger partial charge in [-0.3, -0.25) is 0 Å². The Labute approximate surface area is 69.6 Å². The monoisotopic (exact) mass is 167 g/mol. The topological polar surface area (TPSA) is 32.3 Å². The van der Waals surface area contributed by atoms with Gasteiger partial charge < -0.3 is 10.4 Å². The highest BCUT2D eigenvalue weighted by molar-refractivity contribution is 7.99. The molecule has 0 radical (unpaired) electrons. The Bertz CT molecular complexity index is 269. The molecule has 1 aliphatic heterocycles. The maximum Gasteiger partial charge on any atom is 0.120 e. The molecule has 0 aromatic heterocycles. The minimum Gasteiger partial charge on any atom is -0.508 e. The largest absolute Gasteiger partial charge is 0.508 e. The van der Waals surface area contributed by atoms with Crippen LogP contribution in [0.25, 0.3) is 0 Å². The fourth-order valence-electron chi connectivity index (χ4n) is 1.12. The highest BCUT2D eigenvalue weighted by Crippen LogP contribution is 2.37. The molecule has 1 aliphatic rings. The third-order valence-electron chi connectivity index (χ3n) is 1.79. The van der Waals surface area contributed by atoms with E-state index in [9.17, 15) is 5.11 Å². The lowest BCUT2D eigenvalue weighted by Gasteiger charge is -2.01. The van der Waals surface area contributed by atoms with Gasteiger partial charge in [-0.1, -0.05) is 0 Å². The smallest absolute Gasteiger partial charge is 0.120 e. The number of thioether (sulfide) groups is 1. The minimum atomic E-state index is 0.374. The highest BCUT2D eigenvalue weighted by Gasteiger charge is 2.11. The van der Waals surface area contributed by atoms with Crippen molar-refractivity contribution in [2.75, 3.05) is 11.2 Å². The molecule has 1 aromatic rings. The maximum atomic E-state index is 9.33. The first-order valence-corrected chi connectivity index (χ1v) is 4.46. The first-order valence-electron chi connectivity index (χ1n) is 3.47. The van der Waals surface area contributed by atoms with Crippen molar-refractivity contribution in [1.82, 2.24) is 0 Å². The number of phenolic OH excluding ortho intramolecular Hbond substituents is 1. The Morgan fingerprint density at radius 1 is 1.55 bits per heavy atom. The number of hydrogen-bond acceptors (Lipinski definition) is 3. The van der Waals surface area contributed by atoms with Gasteiger partial charge in [0.15, 0.2) is 0 Å². The molecule has 1 aromatic carbocycles. The molecule has 0 unspecified atom stereocenters. The van der Waals surface area contributed by atoms with Crippen LogP contribution < -0.4 is 5.32 Å². The zero-order valence-electron chi connectivity index (χ0n) is 6.22. The fourth-order valence-corrected chi connectivity index (χ4v) is 2.05. The van der Waals surface area contributed by atoms with Crippen molar-refractivity contribution in [2.24, 2.45) is 0 Å². The van der Waals surface area contributed by atoms with Crippen molar-refractivity contribution in [2.45, 2.75) is 11.8 Å². The van der Waals surface area contributed by atoms with Crippen LogP contribution in [0.4, 0.5) is 5.69 Å². The molecule has 0 amide bonds. The summed E-state index contributed by atoms with van der Waals surface area (Å²) >= 11 is 1.77. The molecule has 2 N–H and O–H groups in total. The van der Waals surface area contributed by atoms with Crippen LogP contribution in [0, 0.1) is 6.92 Å². The number of phenols is 1. The van der Waals surface area contributed by atoms with Crippen molar-refractivity contribution < 1.29 is 5.11 Å². The molecule has 0 saturated carbocycles. The fraction of sp³-hybridized carbons (Fsp3) is 0.250. The average Bonchev–Trinajstić information content (AvgIpc) is 2.36. The number of rotatable bonds is 0. The second-order valence-corrected chi connectivity index (χ2v) is 3.62. The molecule has 0 spiro atoms. The summed E-state index contributed by atoms with van der Waals surface area (Å²) in [5, 5.41) is 12.5. The van der Waals surface area contributed by atoms with Gasteiger partial charge in [0.25, 0.3) is 0 Å². The molecule has 0 aliphatic carbocycles. The summed E-state index contributed by atoms with van der Waals surface area (Å²) < 4.78 is 0. The molecule has 2 rings (SSSR count). The molecule has 3 heteroatoms. The maximum absolute atomic E-state index is 9.33. The van der Waals surface area contributed by atoms with Crippen LogP contribution in [0.3, 0.4) is 0 Å². The summed E-state index contributed by atoms with van der Waals surface area (Å²) in [7, 11) is 0. The standard InChI is InChI=1S/C8H9NOS/c1-5-2-8-6(3-7(5)10)9-4-11-8/h2-3,9-10H,4H2,1H3. The van der Waals surface area contributed by atoms with Crippen LogP contribution in [0.15, 0.2) is 17.0 Å². The number of benzene rings is 1. The van der Waals surface area contributed by atoms with Gasteiger partial charge in [0.1, 0.15) is 5.75 Å². The van der Waals surface area contributed by atoms with Gasteiger partial charge in [0, 0.05) is 11.0 Å². The Morgan fingerprint density at radius 2 is 2.36 bits per heavy atom. The third kappa shape index (κ3) is 1.05. The predicted octanol–water partition coefficient (Wildman–Crippen LogP) is 2.18. The lowest BCUT2D eigenvalue weighted by atomic mass is 10.2. The molecular formula is C8H9NOS. The van der Waals surface area contributed by atoms with Crippen molar-refractivity contribution in [1.29, 1.82) is 0 Å². The van der Waals surface area contributed by atoms with Gasteiger partial charge in [-0.15, -0.1) is 11.8 Å². The van der Waals surface area contributed by atoms with E-state index in [1.807, 2.05) is 13.0 Å². The first-order chi connectivity index (χ1) is 5.27. The zero-order chi connectivity index (χ0) is 7.84. The van der Waals surface area contributed by atoms with E-state index in [1.165, 1.54) is 4.90 Å². The van der Waals surface area contributed by atoms with Crippen LogP contribution in [-0.4, -0.2) is 11.0 Å². The van der Waals surface area contributed by atoms with E-state index in [0.717, 1.165) is 17.1 Å². The van der Waals surface area contributed by atoms with Crippen LogP contribution in [-0.2, 0) is 0 Å². The molecule has 58 valence electrons. The SMILES string of the molecule is Cc1cc2c(cc1O)NCS2. The van der Waals surface area contributed by atoms with Gasteiger partial charge in [-0.05, 0) is 18.6 Å². The lowest BCUT2D eigenvalue weighted by Crippen LogP contribution is -1.87. The summed E-state index contributed by atoms with van der Waals surface area (Å²) in [5.74, 6) is 1.29. The van der Waals surface area contributed by atoms with Crippen molar-refractivity contribution in [3.63, 3.8) is 0 Å². The second-order valence-electron chi connectivity index (χ2n) is 2.60. The molecule has 0 fully saturated rings. The van der Waals surface area contributed by atoms with Gasteiger partial charge in [-0.25, -0.2) is 0 Å². The molecule has 2 nitrogen and oxygen atoms in total. The van der Waals surface area contributed by atoms with Gasteiger partial charge in [0.05, 0.1) is 11.6 Å². The van der Waals surface area contributed by atoms with Crippen LogP contribution in [0.5, 0.6) is 5.75 Å². The van der Waals surface area contributed by atoms with E-state index in [4.69, 9.17) is 0 Å². The van der Waals surface area contributed by atoms with Gasteiger partial charge in [-0.2, -0.15) is 0 Å². The quantitative estimate of drug-likeness (QED) is 0.621. The Hall–Kier alpha value is -0.830. The summed E-state index contributed by atoms with van der Waals surface area (Å²) in [6.07, 6.45) is 0. The Kier molecular flexibility index (Phi) is 1.46. The molecular weight excluding hydrogens is 158 g/mol. The zero-order valence-corrected chi connectivity index (χ0v) is 7.03. The number of fused-ring (bicyclic) bond motifs is 1. The first kappa shape index (κ1) is 6.85. The average molecular weight is 167 g/mol. The normalized spacial score (nSPS) is 14.3. The highest BCUT2D eigenvalue weighted by atomic mass is 32.2. The van der Waals surface area contributed by atoms with Crippen molar-refractivity contribution in [3.05, 3.63) is 17.7 Å². The van der Waals surface area contributed by atoms with Crippen LogP contribution >= 0.6 is 11.8 Å². The summed E-state index contributed by atoms with van der Waals surface area (Å²) in [5.41, 5.74) is 2.00. The predicted molar refractivity (Wildman–Crippen MR) is 47.2 cm³/mol. The van der Waals surface area contributed by atoms with Crippen molar-refractivity contribution >= 4 is 17.4 Å². The summed E-state index contributed by atoms with van der Waals surface area (Å²) in [6.45, 7) is 1.91. The minimum absolute atomic E-state index is 0.374. The molecule has 11 heavy (non-hydrogen) atoms. The second kappa shape index (κ2) is 2.34. The molecule has 1 heterocycles. The number of nitrogens with one attached hydrogen (secondary N) is 1. The summed E-state index contributed by atoms with van der Waals surface area (Å²) in [4.78, 5) is 1.24. The third-order valence-corrected chi connectivity index (χ3v) is 2.73. The molecule has 0 atom stereocenters. The molecule has 0 saturated heterocycles. The van der Waals surface area contributed by atoms with E-state index < -0.39 is 0 Å². The van der Waals surface area contributed by atoms with E-state index in [0.29, 0.717) is 5.75 Å². The number of aryl methyl sites for hydroxylation is 1. The van der Waals surface area contributed by atoms with Gasteiger partial charge in [0.2, 0.25) is 0 Å². The lowest BCUT2D eigenvalue weighted by molar-refractivity contribution is 0.471. The number of aromatic hydroxyl groups is 1. The van der Waals surface area contributed by atoms with Gasteiger partial charge >= 0.3 is 0 Å². The van der Waals surface area contributed by atoms with E-state index in [2.05, 4.69) is 5.32 Å². The Balaban J connectivity index is 2.57. The van der Waals surface area contributed by atoms with Crippen LogP contribution in [0.1, 0.15) is 5.56 Å². The number of hydrogen-bond donors (Lipinski definition) is 2. The van der Waals surface area contributed by atoms with Crippen molar-refractivity contribution in [3.8, 4) is 5.75 Å². The molecule has 0 bridgehead atoms.